The topological polar surface area (TPSA) is 214 Å². The molecule has 8 rings (SSSR count). The minimum absolute atomic E-state index is 0.0353. The highest BCUT2D eigenvalue weighted by Crippen LogP contribution is 2.42. The smallest absolute Gasteiger partial charge is 0.326 e. The molecular formula is C45H36Cl2N6O8S2. The molecule has 6 aromatic rings. The van der Waals surface area contributed by atoms with Crippen molar-refractivity contribution in [2.24, 2.45) is 0 Å². The number of aliphatic carboxylic acids is 1. The van der Waals surface area contributed by atoms with Crippen LogP contribution in [0.15, 0.2) is 107 Å². The van der Waals surface area contributed by atoms with Crippen LogP contribution < -0.4 is 25.8 Å². The molecule has 0 saturated carbocycles. The number of nitrogens with zero attached hydrogens (tertiary/aromatic N) is 3. The van der Waals surface area contributed by atoms with Crippen molar-refractivity contribution in [3.05, 3.63) is 152 Å². The summed E-state index contributed by atoms with van der Waals surface area (Å²) in [7, 11) is -4.40. The number of ether oxygens (including phenoxy) is 2. The van der Waals surface area contributed by atoms with E-state index in [9.17, 15) is 27.9 Å². The first-order chi connectivity index (χ1) is 30.2. The summed E-state index contributed by atoms with van der Waals surface area (Å²) in [5.41, 5.74) is 11.7. The van der Waals surface area contributed by atoms with Gasteiger partial charge in [0, 0.05) is 24.2 Å². The van der Waals surface area contributed by atoms with E-state index in [0.717, 1.165) is 32.3 Å². The molecule has 0 spiro atoms. The molecule has 2 aliphatic heterocycles. The molecule has 14 nitrogen and oxygen atoms in total. The average molecular weight is 924 g/mol. The molecule has 1 unspecified atom stereocenters. The van der Waals surface area contributed by atoms with Crippen molar-refractivity contribution in [3.8, 4) is 28.7 Å². The minimum atomic E-state index is -4.40. The van der Waals surface area contributed by atoms with Gasteiger partial charge in [-0.2, -0.15) is 9.57 Å². The maximum atomic E-state index is 14.4. The molecule has 5 N–H and O–H groups in total. The van der Waals surface area contributed by atoms with Gasteiger partial charge in [-0.3, -0.25) is 9.59 Å². The van der Waals surface area contributed by atoms with Gasteiger partial charge in [0.1, 0.15) is 18.7 Å². The molecule has 0 bridgehead atoms. The lowest BCUT2D eigenvalue weighted by Crippen LogP contribution is -2.55. The number of benzene rings is 5. The van der Waals surface area contributed by atoms with Gasteiger partial charge in [0.05, 0.1) is 27.4 Å². The largest absolute Gasteiger partial charge is 0.485 e. The number of amides is 2. The molecule has 320 valence electrons. The van der Waals surface area contributed by atoms with Crippen molar-refractivity contribution in [2.45, 2.75) is 48.7 Å². The molecule has 0 fully saturated rings. The third-order valence-electron chi connectivity index (χ3n) is 10.7. The van der Waals surface area contributed by atoms with Gasteiger partial charge < -0.3 is 30.9 Å². The summed E-state index contributed by atoms with van der Waals surface area (Å²) in [6.45, 7) is 1.39. The third kappa shape index (κ3) is 9.19. The molecule has 5 aromatic carbocycles. The van der Waals surface area contributed by atoms with E-state index >= 15 is 0 Å². The number of carboxylic acids is 1. The van der Waals surface area contributed by atoms with Crippen LogP contribution in [0.5, 0.6) is 11.5 Å². The number of aryl methyl sites for hydroxylation is 1. The highest BCUT2D eigenvalue weighted by atomic mass is 35.5. The Bertz CT molecular complexity index is 2920. The minimum Gasteiger partial charge on any atom is -0.485 e. The van der Waals surface area contributed by atoms with Gasteiger partial charge >= 0.3 is 5.97 Å². The Balaban J connectivity index is 1.01. The average Bonchev–Trinajstić information content (AvgIpc) is 3.64. The zero-order valence-electron chi connectivity index (χ0n) is 33.2. The predicted octanol–water partition coefficient (Wildman–Crippen LogP) is 7.57. The summed E-state index contributed by atoms with van der Waals surface area (Å²) in [6.07, 6.45) is -0.736. The van der Waals surface area contributed by atoms with Gasteiger partial charge in [-0.1, -0.05) is 83.1 Å². The summed E-state index contributed by atoms with van der Waals surface area (Å²) < 4.78 is 42.3. The van der Waals surface area contributed by atoms with Crippen LogP contribution in [-0.2, 0) is 39.0 Å². The van der Waals surface area contributed by atoms with E-state index in [1.165, 1.54) is 13.0 Å². The van der Waals surface area contributed by atoms with Crippen molar-refractivity contribution >= 4 is 73.2 Å². The second-order valence-corrected chi connectivity index (χ2v) is 18.8. The number of carbonyl (C=O) groups is 3. The van der Waals surface area contributed by atoms with Crippen molar-refractivity contribution in [3.63, 3.8) is 0 Å². The van der Waals surface area contributed by atoms with Crippen molar-refractivity contribution in [1.82, 2.24) is 14.6 Å². The number of nitrogens with one attached hydrogen (secondary N) is 2. The number of thiazole rings is 1. The van der Waals surface area contributed by atoms with Crippen molar-refractivity contribution in [2.75, 3.05) is 17.7 Å². The number of hydrogen-bond donors (Lipinski definition) is 4. The lowest BCUT2D eigenvalue weighted by atomic mass is 9.93. The number of halogens is 2. The maximum Gasteiger partial charge on any atom is 0.326 e. The first kappa shape index (κ1) is 43.2. The Hall–Kier alpha value is -6.48. The van der Waals surface area contributed by atoms with Crippen LogP contribution in [0.3, 0.4) is 0 Å². The highest BCUT2D eigenvalue weighted by molar-refractivity contribution is 7.91. The molecule has 0 saturated heterocycles. The SMILES string of the molecule is Cc1nc(N)sc1S(=O)(=O)N1Cc2cc3c(cc2CC1C(=O)N[C@@H](Cc1ccc(-c2ccc(C#N)cc2)cc1)C(=O)O)OC[C@H](c1ccc(NC(=O)c2ccc(Cl)c(Cl)c2)cc1)O3. The van der Waals surface area contributed by atoms with E-state index < -0.39 is 40.1 Å². The van der Waals surface area contributed by atoms with Crippen LogP contribution in [0, 0.1) is 18.3 Å². The first-order valence-electron chi connectivity index (χ1n) is 19.4. The monoisotopic (exact) mass is 922 g/mol. The molecule has 3 atom stereocenters. The normalized spacial score (nSPS) is 16.3. The highest BCUT2D eigenvalue weighted by Gasteiger charge is 2.43. The lowest BCUT2D eigenvalue weighted by molar-refractivity contribution is -0.142. The number of carbonyl (C=O) groups excluding carboxylic acids is 2. The van der Waals surface area contributed by atoms with E-state index in [0.29, 0.717) is 50.0 Å². The summed E-state index contributed by atoms with van der Waals surface area (Å²) in [4.78, 5) is 43.7. The van der Waals surface area contributed by atoms with Crippen LogP contribution >= 0.6 is 34.5 Å². The molecule has 1 aromatic heterocycles. The fourth-order valence-corrected chi connectivity index (χ4v) is 10.7. The lowest BCUT2D eigenvalue weighted by Gasteiger charge is -2.36. The second-order valence-electron chi connectivity index (χ2n) is 14.9. The second kappa shape index (κ2) is 17.7. The zero-order valence-corrected chi connectivity index (χ0v) is 36.3. The van der Waals surface area contributed by atoms with Gasteiger partial charge in [-0.15, -0.1) is 0 Å². The number of carboxylic acid groups (broad SMARTS) is 1. The number of nitriles is 1. The molecule has 2 amide bonds. The Kier molecular flexibility index (Phi) is 12.1. The number of nitrogens with two attached hydrogens (primary N) is 1. The van der Waals surface area contributed by atoms with Crippen molar-refractivity contribution in [1.29, 1.82) is 5.26 Å². The standard InChI is InChI=1S/C45H36Cl2N6O8S2/c1-24-44(62-45(49)50-24)63(58,59)53-22-32-20-39-38(60-23-40(61-39)29-10-13-33(14-11-29)51-41(54)30-12-15-34(46)35(47)17-30)19-31(32)18-37(53)42(55)52-36(43(56)57)16-25-2-6-27(7-3-25)28-8-4-26(21-48)5-9-28/h2-15,17,19-20,36-37,40H,16,18,22-23H2,1H3,(H2,49,50)(H,51,54)(H,52,55)(H,56,57)/t36-,37?,40+/m0/s1. The fraction of sp³-hybridized carbons (Fsp3) is 0.178. The Morgan fingerprint density at radius 2 is 1.63 bits per heavy atom. The molecule has 3 heterocycles. The van der Waals surface area contributed by atoms with Crippen LogP contribution in [0.2, 0.25) is 10.0 Å². The summed E-state index contributed by atoms with van der Waals surface area (Å²) >= 11 is 12.8. The Morgan fingerprint density at radius 3 is 2.27 bits per heavy atom. The molecule has 63 heavy (non-hydrogen) atoms. The third-order valence-corrected chi connectivity index (χ3v) is 14.9. The van der Waals surface area contributed by atoms with Crippen molar-refractivity contribution < 1.29 is 37.4 Å². The number of sulfonamides is 1. The van der Waals surface area contributed by atoms with Gasteiger partial charge in [0.15, 0.2) is 26.9 Å². The number of nitrogen functional groups attached to an aromatic ring is 1. The van der Waals surface area contributed by atoms with Crippen LogP contribution in [-0.4, -0.2) is 59.3 Å². The molecule has 0 aliphatic carbocycles. The van der Waals surface area contributed by atoms with Gasteiger partial charge in [-0.25, -0.2) is 18.2 Å². The molecule has 2 aliphatic rings. The zero-order chi connectivity index (χ0) is 44.6. The van der Waals surface area contributed by atoms with E-state index in [1.54, 1.807) is 72.8 Å². The Morgan fingerprint density at radius 1 is 0.952 bits per heavy atom. The summed E-state index contributed by atoms with van der Waals surface area (Å²) in [5.74, 6) is -1.71. The number of fused-ring (bicyclic) bond motifs is 2. The fourth-order valence-electron chi connectivity index (χ4n) is 7.41. The van der Waals surface area contributed by atoms with E-state index in [-0.39, 0.29) is 52.0 Å². The van der Waals surface area contributed by atoms with Crippen LogP contribution in [0.1, 0.15) is 50.0 Å². The maximum absolute atomic E-state index is 14.4. The number of rotatable bonds is 11. The number of anilines is 2. The Labute approximate surface area is 375 Å². The van der Waals surface area contributed by atoms with E-state index in [1.807, 2.05) is 24.3 Å². The van der Waals surface area contributed by atoms with Gasteiger partial charge in [0.2, 0.25) is 5.91 Å². The van der Waals surface area contributed by atoms with Gasteiger partial charge in [-0.05, 0) is 101 Å². The van der Waals surface area contributed by atoms with Crippen LogP contribution in [0.25, 0.3) is 11.1 Å². The molecule has 0 radical (unpaired) electrons. The summed E-state index contributed by atoms with van der Waals surface area (Å²) in [5, 5.41) is 25.4. The predicted molar refractivity (Wildman–Crippen MR) is 238 cm³/mol. The van der Waals surface area contributed by atoms with Crippen LogP contribution in [0.4, 0.5) is 10.8 Å². The van der Waals surface area contributed by atoms with E-state index in [4.69, 9.17) is 43.7 Å². The first-order valence-corrected chi connectivity index (χ1v) is 22.4. The molecular weight excluding hydrogens is 888 g/mol. The quantitative estimate of drug-likeness (QED) is 0.0995. The molecule has 18 heteroatoms. The summed E-state index contributed by atoms with van der Waals surface area (Å²) in [6, 6.07) is 28.6. The van der Waals surface area contributed by atoms with Gasteiger partial charge in [0.25, 0.3) is 15.9 Å². The number of hydrogen-bond acceptors (Lipinski definition) is 11. The number of aromatic nitrogens is 1. The van der Waals surface area contributed by atoms with E-state index in [2.05, 4.69) is 21.7 Å².